The molecule has 4 fully saturated rings. The van der Waals surface area contributed by atoms with Crippen molar-refractivity contribution in [2.45, 2.75) is 94.0 Å². The fourth-order valence-corrected chi connectivity index (χ4v) is 6.06. The Balaban J connectivity index is 1.18. The van der Waals surface area contributed by atoms with Gasteiger partial charge in [0.15, 0.2) is 0 Å². The summed E-state index contributed by atoms with van der Waals surface area (Å²) < 4.78 is 38.6. The summed E-state index contributed by atoms with van der Waals surface area (Å²) in [6, 6.07) is 9.44. The van der Waals surface area contributed by atoms with Gasteiger partial charge in [-0.05, 0) is 31.2 Å². The Hall–Kier alpha value is -2.38. The average molecular weight is 449 g/mol. The van der Waals surface area contributed by atoms with Gasteiger partial charge in [0, 0.05) is 56.8 Å². The van der Waals surface area contributed by atoms with E-state index in [9.17, 15) is 18.4 Å². The molecule has 0 radical (unpaired) electrons. The third-order valence-corrected chi connectivity index (χ3v) is 7.73. The highest BCUT2D eigenvalue weighted by Crippen LogP contribution is 2.47. The summed E-state index contributed by atoms with van der Waals surface area (Å²) in [5.74, 6) is -2.61. The molecule has 1 spiro atoms. The molecule has 1 saturated carbocycles. The summed E-state index contributed by atoms with van der Waals surface area (Å²) in [5.41, 5.74) is 0.386. The van der Waals surface area contributed by atoms with E-state index in [0.717, 1.165) is 18.4 Å². The van der Waals surface area contributed by atoms with Crippen molar-refractivity contribution < 1.29 is 27.8 Å². The van der Waals surface area contributed by atoms with Crippen molar-refractivity contribution in [2.24, 2.45) is 0 Å². The number of ether oxygens (including phenoxy) is 2. The zero-order valence-corrected chi connectivity index (χ0v) is 18.2. The summed E-state index contributed by atoms with van der Waals surface area (Å²) in [6.45, 7) is 0.776. The Morgan fingerprint density at radius 2 is 1.66 bits per heavy atom. The summed E-state index contributed by atoms with van der Waals surface area (Å²) in [6.07, 6.45) is 3.30. The van der Waals surface area contributed by atoms with Gasteiger partial charge in [0.25, 0.3) is 0 Å². The molecule has 32 heavy (non-hydrogen) atoms. The molecule has 1 aromatic carbocycles. The van der Waals surface area contributed by atoms with Crippen LogP contribution in [-0.2, 0) is 16.1 Å². The quantitative estimate of drug-likeness (QED) is 0.645. The smallest absolute Gasteiger partial charge is 0.410 e. The van der Waals surface area contributed by atoms with Gasteiger partial charge in [-0.2, -0.15) is 0 Å². The number of fused-ring (bicyclic) bond motifs is 2. The molecule has 1 aliphatic carbocycles. The molecule has 3 atom stereocenters. The van der Waals surface area contributed by atoms with Crippen molar-refractivity contribution in [3.05, 3.63) is 35.9 Å². The highest BCUT2D eigenvalue weighted by Gasteiger charge is 2.55. The average Bonchev–Trinajstić information content (AvgIpc) is 3.05. The normalized spacial score (nSPS) is 32.1. The molecule has 3 saturated heterocycles. The first-order chi connectivity index (χ1) is 15.3. The first-order valence-electron chi connectivity index (χ1n) is 11.7. The Kier molecular flexibility index (Phi) is 5.50. The van der Waals surface area contributed by atoms with E-state index in [1.54, 1.807) is 4.90 Å². The Morgan fingerprint density at radius 3 is 2.28 bits per heavy atom. The second-order valence-corrected chi connectivity index (χ2v) is 9.82. The first kappa shape index (κ1) is 21.5. The minimum Gasteiger partial charge on any atom is -0.445 e. The van der Waals surface area contributed by atoms with Crippen LogP contribution in [0.3, 0.4) is 0 Å². The molecule has 174 valence electrons. The molecule has 8 heteroatoms. The van der Waals surface area contributed by atoms with Crippen molar-refractivity contribution in [3.63, 3.8) is 0 Å². The van der Waals surface area contributed by atoms with Crippen LogP contribution in [0, 0.1) is 0 Å². The van der Waals surface area contributed by atoms with E-state index in [1.165, 1.54) is 0 Å². The number of piperidine rings is 1. The third kappa shape index (κ3) is 4.16. The van der Waals surface area contributed by atoms with Gasteiger partial charge in [0.05, 0.1) is 0 Å². The predicted octanol–water partition coefficient (Wildman–Crippen LogP) is 5.11. The number of carbonyl (C=O) groups excluding carboxylic acids is 2. The van der Waals surface area contributed by atoms with Crippen LogP contribution in [0.4, 0.5) is 18.4 Å². The first-order valence-corrected chi connectivity index (χ1v) is 11.7. The third-order valence-electron chi connectivity index (χ3n) is 7.73. The van der Waals surface area contributed by atoms with Gasteiger partial charge < -0.3 is 19.3 Å². The molecular formula is C24H30F2N2O4. The maximum Gasteiger partial charge on any atom is 0.410 e. The minimum atomic E-state index is -2.61. The van der Waals surface area contributed by atoms with Gasteiger partial charge >= 0.3 is 12.2 Å². The topological polar surface area (TPSA) is 59.1 Å². The second-order valence-electron chi connectivity index (χ2n) is 9.82. The van der Waals surface area contributed by atoms with Crippen LogP contribution in [0.2, 0.25) is 0 Å². The van der Waals surface area contributed by atoms with E-state index in [4.69, 9.17) is 9.47 Å². The maximum atomic E-state index is 13.5. The zero-order valence-electron chi connectivity index (χ0n) is 18.2. The molecule has 2 bridgehead atoms. The zero-order chi connectivity index (χ0) is 22.3. The summed E-state index contributed by atoms with van der Waals surface area (Å²) in [5, 5.41) is 0. The highest BCUT2D eigenvalue weighted by atomic mass is 19.3. The van der Waals surface area contributed by atoms with E-state index >= 15 is 0 Å². The number of carbonyl (C=O) groups is 2. The van der Waals surface area contributed by atoms with E-state index in [1.807, 2.05) is 35.2 Å². The van der Waals surface area contributed by atoms with Gasteiger partial charge in [-0.25, -0.2) is 18.4 Å². The van der Waals surface area contributed by atoms with E-state index < -0.39 is 11.5 Å². The van der Waals surface area contributed by atoms with Gasteiger partial charge in [0.1, 0.15) is 12.2 Å². The lowest BCUT2D eigenvalue weighted by molar-refractivity contribution is -0.111. The molecule has 3 heterocycles. The standard InChI is InChI=1S/C24H30F2N2O4/c25-24(26)10-8-18(9-11-24)27-13-12-23(32-21(27)29)14-19-6-7-20(15-23)28(19)22(30)31-16-17-4-2-1-3-5-17/h1-5,18-20H,6-16H2/t19-,20+,23?. The Bertz CT molecular complexity index is 841. The molecular weight excluding hydrogens is 418 g/mol. The van der Waals surface area contributed by atoms with Crippen LogP contribution in [-0.4, -0.2) is 58.2 Å². The van der Waals surface area contributed by atoms with Crippen molar-refractivity contribution in [1.82, 2.24) is 9.80 Å². The van der Waals surface area contributed by atoms with Crippen LogP contribution in [0.15, 0.2) is 30.3 Å². The van der Waals surface area contributed by atoms with Crippen LogP contribution in [0.5, 0.6) is 0 Å². The number of alkyl halides is 2. The molecule has 4 aliphatic rings. The van der Waals surface area contributed by atoms with Crippen molar-refractivity contribution >= 4 is 12.2 Å². The lowest BCUT2D eigenvalue weighted by Crippen LogP contribution is -2.60. The number of nitrogens with zero attached hydrogens (tertiary/aromatic N) is 2. The lowest BCUT2D eigenvalue weighted by atomic mass is 9.82. The molecule has 5 rings (SSSR count). The summed E-state index contributed by atoms with van der Waals surface area (Å²) in [4.78, 5) is 29.2. The summed E-state index contributed by atoms with van der Waals surface area (Å²) in [7, 11) is 0. The van der Waals surface area contributed by atoms with E-state index in [0.29, 0.717) is 38.6 Å². The highest BCUT2D eigenvalue weighted by molar-refractivity contribution is 5.71. The Morgan fingerprint density at radius 1 is 1.00 bits per heavy atom. The number of rotatable bonds is 3. The second kappa shape index (κ2) is 8.19. The minimum absolute atomic E-state index is 0.00439. The van der Waals surface area contributed by atoms with Gasteiger partial charge in [-0.3, -0.25) is 0 Å². The number of benzene rings is 1. The lowest BCUT2D eigenvalue weighted by Gasteiger charge is -2.50. The summed E-state index contributed by atoms with van der Waals surface area (Å²) >= 11 is 0. The molecule has 0 N–H and O–H groups in total. The monoisotopic (exact) mass is 448 g/mol. The van der Waals surface area contributed by atoms with Gasteiger partial charge in [0.2, 0.25) is 5.92 Å². The number of amides is 2. The van der Waals surface area contributed by atoms with Crippen LogP contribution in [0.1, 0.15) is 63.4 Å². The molecule has 1 unspecified atom stereocenters. The largest absolute Gasteiger partial charge is 0.445 e. The van der Waals surface area contributed by atoms with Crippen LogP contribution < -0.4 is 0 Å². The van der Waals surface area contributed by atoms with Gasteiger partial charge in [-0.15, -0.1) is 0 Å². The number of hydrogen-bond acceptors (Lipinski definition) is 4. The van der Waals surface area contributed by atoms with Crippen molar-refractivity contribution in [3.8, 4) is 0 Å². The number of halogens is 2. The van der Waals surface area contributed by atoms with Crippen molar-refractivity contribution in [1.29, 1.82) is 0 Å². The van der Waals surface area contributed by atoms with Crippen LogP contribution >= 0.6 is 0 Å². The molecule has 1 aromatic rings. The maximum absolute atomic E-state index is 13.5. The molecule has 3 aliphatic heterocycles. The number of hydrogen-bond donors (Lipinski definition) is 0. The van der Waals surface area contributed by atoms with Crippen molar-refractivity contribution in [2.75, 3.05) is 6.54 Å². The van der Waals surface area contributed by atoms with E-state index in [2.05, 4.69) is 0 Å². The SMILES string of the molecule is O=C1OC2(CCN1C1CCC(F)(F)CC1)C[C@H]1CC[C@@H](C2)N1C(=O)OCc1ccccc1. The van der Waals surface area contributed by atoms with E-state index in [-0.39, 0.29) is 49.8 Å². The predicted molar refractivity (Wildman–Crippen MR) is 112 cm³/mol. The fraction of sp³-hybridized carbons (Fsp3) is 0.667. The molecule has 0 aromatic heterocycles. The van der Waals surface area contributed by atoms with Gasteiger partial charge in [-0.1, -0.05) is 30.3 Å². The molecule has 6 nitrogen and oxygen atoms in total. The van der Waals surface area contributed by atoms with Crippen LogP contribution in [0.25, 0.3) is 0 Å². The molecule has 2 amide bonds. The Labute approximate surface area is 186 Å². The fourth-order valence-electron chi connectivity index (χ4n) is 6.06.